The van der Waals surface area contributed by atoms with Crippen molar-refractivity contribution < 1.29 is 18.0 Å². The number of rotatable bonds is 15. The van der Waals surface area contributed by atoms with Crippen molar-refractivity contribution in [1.82, 2.24) is 25.0 Å². The fourth-order valence-corrected chi connectivity index (χ4v) is 5.60. The topological polar surface area (TPSA) is 106 Å². The highest BCUT2D eigenvalue weighted by molar-refractivity contribution is 5.78. The molecule has 1 amide bonds. The Hall–Kier alpha value is -3.26. The molecule has 3 rings (SSSR count). The second-order valence-electron chi connectivity index (χ2n) is 10.9. The van der Waals surface area contributed by atoms with E-state index >= 15 is 0 Å². The standard InChI is InChI=1S/C30H41F3N6O2/c1-4-6-16-39(25-14-13-24-26(30(31,32)33)28(40)37-36-27(24)25)20-21(3)29(41)38(15-5-2)17-9-7-8-10-23-12-11-22(18-34)19-35-23/h11-12,19,21,25H,4-10,13-17,20H2,1-3H3,(H,37,40). The number of aryl methyl sites for hydroxylation is 1. The molecule has 224 valence electrons. The van der Waals surface area contributed by atoms with Crippen molar-refractivity contribution in [1.29, 1.82) is 5.26 Å². The van der Waals surface area contributed by atoms with Crippen molar-refractivity contribution in [2.24, 2.45) is 5.92 Å². The number of alkyl halides is 3. The summed E-state index contributed by atoms with van der Waals surface area (Å²) in [5.74, 6) is -0.291. The molecule has 0 fully saturated rings. The Morgan fingerprint density at radius 1 is 1.15 bits per heavy atom. The number of carbonyl (C=O) groups is 1. The monoisotopic (exact) mass is 574 g/mol. The van der Waals surface area contributed by atoms with Gasteiger partial charge in [-0.2, -0.15) is 23.5 Å². The summed E-state index contributed by atoms with van der Waals surface area (Å²) in [6.07, 6.45) is 3.54. The van der Waals surface area contributed by atoms with Gasteiger partial charge in [-0.3, -0.25) is 19.5 Å². The van der Waals surface area contributed by atoms with Crippen LogP contribution in [-0.2, 0) is 23.8 Å². The number of nitrogens with one attached hydrogen (secondary N) is 1. The second kappa shape index (κ2) is 15.1. The van der Waals surface area contributed by atoms with Crippen molar-refractivity contribution in [2.75, 3.05) is 26.2 Å². The summed E-state index contributed by atoms with van der Waals surface area (Å²) in [6.45, 7) is 8.32. The first kappa shape index (κ1) is 32.3. The molecule has 1 aliphatic carbocycles. The fraction of sp³-hybridized carbons (Fsp3) is 0.633. The Balaban J connectivity index is 1.62. The normalized spacial score (nSPS) is 15.5. The Bertz CT molecular complexity index is 1240. The van der Waals surface area contributed by atoms with Gasteiger partial charge in [0.25, 0.3) is 5.56 Å². The largest absolute Gasteiger partial charge is 0.422 e. The highest BCUT2D eigenvalue weighted by atomic mass is 19.4. The maximum atomic E-state index is 13.7. The van der Waals surface area contributed by atoms with E-state index in [4.69, 9.17) is 5.26 Å². The van der Waals surface area contributed by atoms with Crippen LogP contribution in [0.1, 0.15) is 99.8 Å². The Morgan fingerprint density at radius 2 is 1.93 bits per heavy atom. The Morgan fingerprint density at radius 3 is 2.56 bits per heavy atom. The fourth-order valence-electron chi connectivity index (χ4n) is 5.60. The van der Waals surface area contributed by atoms with Crippen molar-refractivity contribution in [3.05, 3.63) is 56.8 Å². The van der Waals surface area contributed by atoms with Gasteiger partial charge in [0.05, 0.1) is 17.3 Å². The zero-order valence-corrected chi connectivity index (χ0v) is 24.3. The van der Waals surface area contributed by atoms with Gasteiger partial charge in [-0.25, -0.2) is 5.10 Å². The molecule has 0 saturated carbocycles. The summed E-state index contributed by atoms with van der Waals surface area (Å²) < 4.78 is 41.0. The van der Waals surface area contributed by atoms with Gasteiger partial charge in [-0.15, -0.1) is 0 Å². The van der Waals surface area contributed by atoms with E-state index in [-0.39, 0.29) is 35.5 Å². The number of carbonyl (C=O) groups excluding carboxylic acids is 1. The number of nitrogens with zero attached hydrogens (tertiary/aromatic N) is 5. The van der Waals surface area contributed by atoms with E-state index in [2.05, 4.69) is 26.2 Å². The molecule has 8 nitrogen and oxygen atoms in total. The lowest BCUT2D eigenvalue weighted by Gasteiger charge is -2.33. The molecule has 2 heterocycles. The lowest BCUT2D eigenvalue weighted by molar-refractivity contribution is -0.139. The van der Waals surface area contributed by atoms with Crippen LogP contribution in [0.4, 0.5) is 13.2 Å². The van der Waals surface area contributed by atoms with Crippen LogP contribution in [0.3, 0.4) is 0 Å². The maximum Gasteiger partial charge on any atom is 0.422 e. The second-order valence-corrected chi connectivity index (χ2v) is 10.9. The molecular formula is C30H41F3N6O2. The first-order valence-corrected chi connectivity index (χ1v) is 14.7. The molecule has 2 aromatic rings. The molecule has 0 spiro atoms. The van der Waals surface area contributed by atoms with Crippen LogP contribution < -0.4 is 5.56 Å². The molecule has 41 heavy (non-hydrogen) atoms. The van der Waals surface area contributed by atoms with Crippen LogP contribution in [0.2, 0.25) is 0 Å². The van der Waals surface area contributed by atoms with Crippen molar-refractivity contribution in [3.63, 3.8) is 0 Å². The van der Waals surface area contributed by atoms with Gasteiger partial charge >= 0.3 is 6.18 Å². The number of H-pyrrole nitrogens is 1. The minimum absolute atomic E-state index is 0.0180. The van der Waals surface area contributed by atoms with Gasteiger partial charge < -0.3 is 4.90 Å². The summed E-state index contributed by atoms with van der Waals surface area (Å²) in [7, 11) is 0. The van der Waals surface area contributed by atoms with E-state index in [1.165, 1.54) is 0 Å². The van der Waals surface area contributed by atoms with E-state index < -0.39 is 17.3 Å². The van der Waals surface area contributed by atoms with Gasteiger partial charge in [0.1, 0.15) is 11.6 Å². The van der Waals surface area contributed by atoms with Crippen LogP contribution in [0.15, 0.2) is 23.1 Å². The highest BCUT2D eigenvalue weighted by Gasteiger charge is 2.42. The number of aromatic amines is 1. The number of amides is 1. The summed E-state index contributed by atoms with van der Waals surface area (Å²) in [5.41, 5.74) is -0.608. The predicted octanol–water partition coefficient (Wildman–Crippen LogP) is 5.43. The molecule has 0 radical (unpaired) electrons. The maximum absolute atomic E-state index is 13.7. The lowest BCUT2D eigenvalue weighted by Crippen LogP contribution is -2.42. The van der Waals surface area contributed by atoms with Crippen molar-refractivity contribution >= 4 is 5.91 Å². The van der Waals surface area contributed by atoms with Gasteiger partial charge in [-0.05, 0) is 69.2 Å². The predicted molar refractivity (Wildman–Crippen MR) is 150 cm³/mol. The van der Waals surface area contributed by atoms with E-state index in [0.29, 0.717) is 38.2 Å². The lowest BCUT2D eigenvalue weighted by atomic mass is 10.0. The molecule has 0 saturated heterocycles. The smallest absolute Gasteiger partial charge is 0.342 e. The molecule has 2 atom stereocenters. The number of aromatic nitrogens is 3. The summed E-state index contributed by atoms with van der Waals surface area (Å²) in [6, 6.07) is 5.33. The molecule has 1 N–H and O–H groups in total. The molecule has 0 aliphatic heterocycles. The molecule has 11 heteroatoms. The van der Waals surface area contributed by atoms with Crippen LogP contribution in [0, 0.1) is 17.2 Å². The number of pyridine rings is 1. The number of hydrogen-bond donors (Lipinski definition) is 1. The minimum atomic E-state index is -4.74. The number of nitriles is 1. The van der Waals surface area contributed by atoms with Crippen LogP contribution >= 0.6 is 0 Å². The first-order valence-electron chi connectivity index (χ1n) is 14.7. The van der Waals surface area contributed by atoms with Crippen LogP contribution in [-0.4, -0.2) is 57.1 Å². The molecular weight excluding hydrogens is 533 g/mol. The minimum Gasteiger partial charge on any atom is -0.342 e. The first-order chi connectivity index (χ1) is 19.6. The molecule has 2 aromatic heterocycles. The number of fused-ring (bicyclic) bond motifs is 1. The molecule has 0 bridgehead atoms. The Kier molecular flexibility index (Phi) is 11.9. The molecule has 2 unspecified atom stereocenters. The van der Waals surface area contributed by atoms with Crippen molar-refractivity contribution in [2.45, 2.75) is 90.8 Å². The van der Waals surface area contributed by atoms with E-state index in [1.54, 1.807) is 12.3 Å². The zero-order chi connectivity index (χ0) is 30.0. The van der Waals surface area contributed by atoms with Crippen molar-refractivity contribution in [3.8, 4) is 6.07 Å². The van der Waals surface area contributed by atoms with Gasteiger partial charge in [0, 0.05) is 37.4 Å². The summed E-state index contributed by atoms with van der Waals surface area (Å²) in [5, 5.41) is 15.0. The third kappa shape index (κ3) is 8.62. The highest BCUT2D eigenvalue weighted by Crippen LogP contribution is 2.40. The zero-order valence-electron chi connectivity index (χ0n) is 24.3. The number of unbranched alkanes of at least 4 members (excludes halogenated alkanes) is 3. The SMILES string of the molecule is CCCCN(CC(C)C(=O)N(CCC)CCCCCc1ccc(C#N)cn1)C1CCc2c1n[nH]c(=O)c2C(F)(F)F. The molecule has 1 aliphatic rings. The third-order valence-electron chi connectivity index (χ3n) is 7.67. The van der Waals surface area contributed by atoms with E-state index in [1.807, 2.05) is 31.7 Å². The van der Waals surface area contributed by atoms with E-state index in [0.717, 1.165) is 50.6 Å². The number of halogens is 3. The quantitative estimate of drug-likeness (QED) is 0.284. The van der Waals surface area contributed by atoms with Gasteiger partial charge in [0.15, 0.2) is 0 Å². The summed E-state index contributed by atoms with van der Waals surface area (Å²) in [4.78, 5) is 33.8. The Labute approximate surface area is 240 Å². The molecule has 0 aromatic carbocycles. The van der Waals surface area contributed by atoms with Crippen LogP contribution in [0.5, 0.6) is 0 Å². The third-order valence-corrected chi connectivity index (χ3v) is 7.67. The average Bonchev–Trinajstić information content (AvgIpc) is 3.37. The summed E-state index contributed by atoms with van der Waals surface area (Å²) >= 11 is 0. The van der Waals surface area contributed by atoms with Crippen LogP contribution in [0.25, 0.3) is 0 Å². The van der Waals surface area contributed by atoms with E-state index in [9.17, 15) is 22.8 Å². The van der Waals surface area contributed by atoms with Gasteiger partial charge in [-0.1, -0.05) is 33.6 Å². The number of hydrogen-bond acceptors (Lipinski definition) is 6. The average molecular weight is 575 g/mol. The van der Waals surface area contributed by atoms with Gasteiger partial charge in [0.2, 0.25) is 5.91 Å².